The maximum Gasteiger partial charge on any atom is 0.0547 e. The lowest BCUT2D eigenvalue weighted by atomic mass is 9.72. The van der Waals surface area contributed by atoms with E-state index in [1.165, 1.54) is 44.1 Å². The molecule has 4 aromatic rings. The number of para-hydroxylation sites is 1. The van der Waals surface area contributed by atoms with Crippen molar-refractivity contribution in [2.45, 2.75) is 18.3 Å². The summed E-state index contributed by atoms with van der Waals surface area (Å²) in [5, 5.41) is 2.52. The average Bonchev–Trinajstić information content (AvgIpc) is 3.38. The molecule has 162 valence electrons. The molecule has 0 radical (unpaired) electrons. The second-order valence-corrected chi connectivity index (χ2v) is 8.53. The van der Waals surface area contributed by atoms with E-state index < -0.39 is 0 Å². The molecule has 3 aromatic carbocycles. The Morgan fingerprint density at radius 2 is 1.38 bits per heavy atom. The van der Waals surface area contributed by atoms with E-state index in [2.05, 4.69) is 89.6 Å². The summed E-state index contributed by atoms with van der Waals surface area (Å²) in [6.07, 6.45) is 28.3. The Bertz CT molecular complexity index is 1530. The van der Waals surface area contributed by atoms with E-state index in [1.54, 1.807) is 12.2 Å². The third-order valence-corrected chi connectivity index (χ3v) is 6.72. The van der Waals surface area contributed by atoms with Crippen LogP contribution in [0, 0.1) is 24.7 Å². The maximum absolute atomic E-state index is 5.37. The first-order valence-corrected chi connectivity index (χ1v) is 11.5. The van der Waals surface area contributed by atoms with Gasteiger partial charge in [-0.05, 0) is 47.8 Å². The largest absolute Gasteiger partial charge is 0.354 e. The van der Waals surface area contributed by atoms with Crippen LogP contribution in [0.2, 0.25) is 0 Å². The Labute approximate surface area is 201 Å². The molecule has 34 heavy (non-hydrogen) atoms. The zero-order valence-corrected chi connectivity index (χ0v) is 19.0. The van der Waals surface area contributed by atoms with Crippen LogP contribution in [0.1, 0.15) is 24.0 Å². The molecule has 0 atom stereocenters. The van der Waals surface area contributed by atoms with Gasteiger partial charge in [0, 0.05) is 27.3 Å². The van der Waals surface area contributed by atoms with E-state index >= 15 is 0 Å². The number of nitrogens with one attached hydrogen (secondary N) is 1. The molecule has 0 amide bonds. The van der Waals surface area contributed by atoms with Gasteiger partial charge in [-0.2, -0.15) is 0 Å². The van der Waals surface area contributed by atoms with Crippen LogP contribution in [0.25, 0.3) is 32.9 Å². The van der Waals surface area contributed by atoms with Crippen LogP contribution in [0.4, 0.5) is 0 Å². The van der Waals surface area contributed by atoms with Crippen molar-refractivity contribution in [2.24, 2.45) is 0 Å². The van der Waals surface area contributed by atoms with Gasteiger partial charge in [-0.25, -0.2) is 0 Å². The molecule has 1 heterocycles. The second-order valence-electron chi connectivity index (χ2n) is 8.53. The second kappa shape index (κ2) is 9.19. The summed E-state index contributed by atoms with van der Waals surface area (Å²) >= 11 is 0. The quantitative estimate of drug-likeness (QED) is 0.234. The Balaban J connectivity index is 1.74. The van der Waals surface area contributed by atoms with E-state index in [0.29, 0.717) is 0 Å². The van der Waals surface area contributed by atoms with Crippen molar-refractivity contribution in [2.75, 3.05) is 0 Å². The molecule has 1 nitrogen and oxygen atoms in total. The Hall–Kier alpha value is -4.46. The number of hydrogen-bond acceptors (Lipinski definition) is 0. The number of hydrogen-bond donors (Lipinski definition) is 1. The molecule has 0 saturated heterocycles. The fraction of sp³-hybridized carbons (Fsp3) is 0.0909. The standard InChI is InChI=1S/C33H25N/c1-3-5-7-9-15-23-33(24-16-10-8-6-4-2)28-19-13-11-18-27(28)31-29(33)22-21-26-25-17-12-14-20-30(25)34-32(26)31/h1-2,5-22,34H,23-24H2/b7-5-,8-6-,15-9-,16-10-. The van der Waals surface area contributed by atoms with E-state index in [1.807, 2.05) is 24.3 Å². The Morgan fingerprint density at radius 1 is 0.706 bits per heavy atom. The van der Waals surface area contributed by atoms with Crippen LogP contribution >= 0.6 is 0 Å². The summed E-state index contributed by atoms with van der Waals surface area (Å²) in [5.41, 5.74) is 7.51. The van der Waals surface area contributed by atoms with Crippen LogP contribution < -0.4 is 0 Å². The molecule has 0 unspecified atom stereocenters. The monoisotopic (exact) mass is 435 g/mol. The predicted octanol–water partition coefficient (Wildman–Crippen LogP) is 7.86. The van der Waals surface area contributed by atoms with Gasteiger partial charge in [0.05, 0.1) is 5.52 Å². The van der Waals surface area contributed by atoms with E-state index in [9.17, 15) is 0 Å². The fourth-order valence-corrected chi connectivity index (χ4v) is 5.30. The maximum atomic E-state index is 5.37. The molecule has 0 fully saturated rings. The van der Waals surface area contributed by atoms with Gasteiger partial charge in [-0.3, -0.25) is 0 Å². The fourth-order valence-electron chi connectivity index (χ4n) is 5.30. The van der Waals surface area contributed by atoms with Crippen LogP contribution in [-0.2, 0) is 5.41 Å². The molecule has 1 aliphatic carbocycles. The first-order valence-electron chi connectivity index (χ1n) is 11.5. The number of rotatable bonds is 6. The number of aromatic nitrogens is 1. The predicted molar refractivity (Wildman–Crippen MR) is 145 cm³/mol. The lowest BCUT2D eigenvalue weighted by Gasteiger charge is -2.30. The lowest BCUT2D eigenvalue weighted by molar-refractivity contribution is 0.542. The van der Waals surface area contributed by atoms with Gasteiger partial charge in [-0.1, -0.05) is 103 Å². The minimum absolute atomic E-state index is 0.182. The van der Waals surface area contributed by atoms with Gasteiger partial charge in [0.1, 0.15) is 0 Å². The third-order valence-electron chi connectivity index (χ3n) is 6.72. The smallest absolute Gasteiger partial charge is 0.0547 e. The molecule has 0 saturated carbocycles. The van der Waals surface area contributed by atoms with Crippen molar-refractivity contribution < 1.29 is 0 Å². The number of allylic oxidation sites excluding steroid dienone is 8. The van der Waals surface area contributed by atoms with Gasteiger partial charge < -0.3 is 4.98 Å². The molecule has 0 bridgehead atoms. The van der Waals surface area contributed by atoms with Crippen LogP contribution in [0.3, 0.4) is 0 Å². The van der Waals surface area contributed by atoms with E-state index in [-0.39, 0.29) is 5.41 Å². The molecular weight excluding hydrogens is 410 g/mol. The third kappa shape index (κ3) is 3.49. The highest BCUT2D eigenvalue weighted by atomic mass is 14.7. The molecule has 1 aliphatic rings. The van der Waals surface area contributed by atoms with Gasteiger partial charge in [0.25, 0.3) is 0 Å². The number of benzene rings is 3. The summed E-state index contributed by atoms with van der Waals surface area (Å²) in [6.45, 7) is 0. The molecule has 5 rings (SSSR count). The minimum atomic E-state index is -0.182. The number of fused-ring (bicyclic) bond motifs is 7. The summed E-state index contributed by atoms with van der Waals surface area (Å²) in [7, 11) is 0. The minimum Gasteiger partial charge on any atom is -0.354 e. The van der Waals surface area contributed by atoms with Crippen molar-refractivity contribution in [3.8, 4) is 35.8 Å². The van der Waals surface area contributed by atoms with Crippen molar-refractivity contribution in [3.05, 3.63) is 120 Å². The van der Waals surface area contributed by atoms with E-state index in [4.69, 9.17) is 12.8 Å². The Kier molecular flexibility index (Phi) is 5.78. The highest BCUT2D eigenvalue weighted by Gasteiger charge is 2.42. The number of terminal acetylenes is 2. The molecule has 1 aromatic heterocycles. The average molecular weight is 436 g/mol. The SMILES string of the molecule is C#C/C=C\C=C/CC1(C/C=C\C=C/C#C)c2ccccc2-c2c1ccc1c2[nH]c2ccccc21. The van der Waals surface area contributed by atoms with Crippen molar-refractivity contribution >= 4 is 21.8 Å². The highest BCUT2D eigenvalue weighted by Crippen LogP contribution is 2.55. The molecule has 1 N–H and O–H groups in total. The molecule has 1 heteroatoms. The van der Waals surface area contributed by atoms with Gasteiger partial charge in [0.2, 0.25) is 0 Å². The van der Waals surface area contributed by atoms with Gasteiger partial charge in [-0.15, -0.1) is 12.8 Å². The van der Waals surface area contributed by atoms with Crippen molar-refractivity contribution in [1.29, 1.82) is 0 Å². The summed E-state index contributed by atoms with van der Waals surface area (Å²) in [5.74, 6) is 5.11. The summed E-state index contributed by atoms with van der Waals surface area (Å²) in [6, 6.07) is 21.9. The molecular formula is C33H25N. The van der Waals surface area contributed by atoms with E-state index in [0.717, 1.165) is 12.8 Å². The highest BCUT2D eigenvalue weighted by molar-refractivity contribution is 6.13. The molecule has 0 aliphatic heterocycles. The van der Waals surface area contributed by atoms with Crippen molar-refractivity contribution in [1.82, 2.24) is 4.98 Å². The van der Waals surface area contributed by atoms with Crippen LogP contribution in [0.15, 0.2) is 109 Å². The number of H-pyrrole nitrogens is 1. The zero-order valence-electron chi connectivity index (χ0n) is 19.0. The summed E-state index contributed by atoms with van der Waals surface area (Å²) in [4.78, 5) is 3.72. The van der Waals surface area contributed by atoms with Gasteiger partial charge >= 0.3 is 0 Å². The lowest BCUT2D eigenvalue weighted by Crippen LogP contribution is -2.23. The zero-order chi connectivity index (χ0) is 23.4. The van der Waals surface area contributed by atoms with Crippen molar-refractivity contribution in [3.63, 3.8) is 0 Å². The first-order chi connectivity index (χ1) is 16.8. The summed E-state index contributed by atoms with van der Waals surface area (Å²) < 4.78 is 0. The first kappa shape index (κ1) is 21.4. The Morgan fingerprint density at radius 3 is 2.12 bits per heavy atom. The van der Waals surface area contributed by atoms with Gasteiger partial charge in [0.15, 0.2) is 0 Å². The number of aromatic amines is 1. The topological polar surface area (TPSA) is 15.8 Å². The molecule has 0 spiro atoms. The van der Waals surface area contributed by atoms with Crippen LogP contribution in [0.5, 0.6) is 0 Å². The van der Waals surface area contributed by atoms with Crippen LogP contribution in [-0.4, -0.2) is 4.98 Å². The normalized spacial score (nSPS) is 14.4.